The second kappa shape index (κ2) is 6.25. The summed E-state index contributed by atoms with van der Waals surface area (Å²) < 4.78 is 10.4. The Balaban J connectivity index is 2.40. The molecule has 0 saturated heterocycles. The number of methoxy groups -OCH3 is 2. The smallest absolute Gasteiger partial charge is 0.148 e. The van der Waals surface area contributed by atoms with E-state index in [1.54, 1.807) is 24.3 Å². The molecule has 0 radical (unpaired) electrons. The number of hydrogen-bond donors (Lipinski definition) is 1. The van der Waals surface area contributed by atoms with Crippen LogP contribution in [0.1, 0.15) is 0 Å². The molecule has 5 nitrogen and oxygen atoms in total. The standard InChI is InChI=1S/C14H14ClN3O2/c1-19-13-8-12(14(20-2)7-10(13)16)18-17-11-6-4-3-5-9(11)15/h3-8H,16H2,1-2H3. The Kier molecular flexibility index (Phi) is 4.42. The first-order valence-electron chi connectivity index (χ1n) is 5.83. The Bertz CT molecular complexity index is 644. The first-order chi connectivity index (χ1) is 9.65. The summed E-state index contributed by atoms with van der Waals surface area (Å²) in [5.74, 6) is 1.03. The highest BCUT2D eigenvalue weighted by molar-refractivity contribution is 6.32. The van der Waals surface area contributed by atoms with Crippen LogP contribution in [-0.2, 0) is 0 Å². The molecule has 0 spiro atoms. The molecule has 0 saturated carbocycles. The number of rotatable bonds is 4. The molecule has 0 aliphatic heterocycles. The average Bonchev–Trinajstić information content (AvgIpc) is 2.47. The molecule has 0 atom stereocenters. The molecule has 2 rings (SSSR count). The number of nitrogen functional groups attached to an aromatic ring is 1. The van der Waals surface area contributed by atoms with E-state index < -0.39 is 0 Å². The van der Waals surface area contributed by atoms with Crippen LogP contribution in [-0.4, -0.2) is 14.2 Å². The van der Waals surface area contributed by atoms with E-state index in [1.165, 1.54) is 14.2 Å². The van der Waals surface area contributed by atoms with E-state index in [2.05, 4.69) is 10.2 Å². The fraction of sp³-hybridized carbons (Fsp3) is 0.143. The van der Waals surface area contributed by atoms with Crippen molar-refractivity contribution < 1.29 is 9.47 Å². The Morgan fingerprint density at radius 3 is 2.25 bits per heavy atom. The highest BCUT2D eigenvalue weighted by atomic mass is 35.5. The van der Waals surface area contributed by atoms with Crippen molar-refractivity contribution in [3.63, 3.8) is 0 Å². The Labute approximate surface area is 122 Å². The second-order valence-electron chi connectivity index (χ2n) is 3.92. The Morgan fingerprint density at radius 2 is 1.60 bits per heavy atom. The summed E-state index contributed by atoms with van der Waals surface area (Å²) in [5, 5.41) is 8.77. The highest BCUT2D eigenvalue weighted by Gasteiger charge is 2.09. The molecule has 2 N–H and O–H groups in total. The van der Waals surface area contributed by atoms with Gasteiger partial charge in [-0.2, -0.15) is 0 Å². The number of anilines is 1. The van der Waals surface area contributed by atoms with Crippen molar-refractivity contribution in [2.45, 2.75) is 0 Å². The maximum absolute atomic E-state index is 6.02. The zero-order chi connectivity index (χ0) is 14.5. The normalized spacial score (nSPS) is 10.8. The lowest BCUT2D eigenvalue weighted by Crippen LogP contribution is -1.93. The molecule has 0 unspecified atom stereocenters. The summed E-state index contributed by atoms with van der Waals surface area (Å²) in [6.45, 7) is 0. The Hall–Kier alpha value is -2.27. The van der Waals surface area contributed by atoms with Crippen molar-refractivity contribution in [1.82, 2.24) is 0 Å². The van der Waals surface area contributed by atoms with Crippen LogP contribution in [0.15, 0.2) is 46.6 Å². The minimum Gasteiger partial charge on any atom is -0.495 e. The number of azo groups is 1. The highest BCUT2D eigenvalue weighted by Crippen LogP contribution is 2.37. The van der Waals surface area contributed by atoms with E-state index in [1.807, 2.05) is 12.1 Å². The van der Waals surface area contributed by atoms with Crippen LogP contribution in [0.4, 0.5) is 17.1 Å². The van der Waals surface area contributed by atoms with Crippen LogP contribution in [0.2, 0.25) is 5.02 Å². The number of ether oxygens (including phenoxy) is 2. The SMILES string of the molecule is COc1cc(N=Nc2ccccc2Cl)c(OC)cc1N. The quantitative estimate of drug-likeness (QED) is 0.672. The van der Waals surface area contributed by atoms with Crippen molar-refractivity contribution in [1.29, 1.82) is 0 Å². The maximum atomic E-state index is 6.02. The van der Waals surface area contributed by atoms with Crippen LogP contribution in [0, 0.1) is 0 Å². The Morgan fingerprint density at radius 1 is 0.950 bits per heavy atom. The molecule has 6 heteroatoms. The van der Waals surface area contributed by atoms with Gasteiger partial charge < -0.3 is 15.2 Å². The monoisotopic (exact) mass is 291 g/mol. The zero-order valence-corrected chi connectivity index (χ0v) is 11.9. The molecule has 0 bridgehead atoms. The molecule has 104 valence electrons. The van der Waals surface area contributed by atoms with Crippen LogP contribution in [0.25, 0.3) is 0 Å². The van der Waals surface area contributed by atoms with Gasteiger partial charge in [0, 0.05) is 12.1 Å². The predicted octanol–water partition coefficient (Wildman–Crippen LogP) is 4.35. The van der Waals surface area contributed by atoms with Gasteiger partial charge in [0.05, 0.1) is 24.9 Å². The third-order valence-electron chi connectivity index (χ3n) is 2.65. The van der Waals surface area contributed by atoms with Gasteiger partial charge in [0.15, 0.2) is 0 Å². The summed E-state index contributed by atoms with van der Waals surface area (Å²) in [6, 6.07) is 10.5. The van der Waals surface area contributed by atoms with E-state index in [4.69, 9.17) is 26.8 Å². The van der Waals surface area contributed by atoms with Crippen molar-refractivity contribution >= 4 is 28.7 Å². The van der Waals surface area contributed by atoms with Gasteiger partial charge in [-0.15, -0.1) is 10.2 Å². The van der Waals surface area contributed by atoms with Crippen LogP contribution in [0.5, 0.6) is 11.5 Å². The molecule has 0 amide bonds. The van der Waals surface area contributed by atoms with Gasteiger partial charge in [0.1, 0.15) is 22.9 Å². The van der Waals surface area contributed by atoms with E-state index >= 15 is 0 Å². The topological polar surface area (TPSA) is 69.2 Å². The van der Waals surface area contributed by atoms with Gasteiger partial charge in [0.2, 0.25) is 0 Å². The van der Waals surface area contributed by atoms with Crippen LogP contribution < -0.4 is 15.2 Å². The largest absolute Gasteiger partial charge is 0.495 e. The summed E-state index contributed by atoms with van der Waals surface area (Å²) in [4.78, 5) is 0. The molecule has 0 aliphatic carbocycles. The molecular formula is C14H14ClN3O2. The van der Waals surface area contributed by atoms with Crippen LogP contribution in [0.3, 0.4) is 0 Å². The van der Waals surface area contributed by atoms with Gasteiger partial charge in [-0.1, -0.05) is 23.7 Å². The number of nitrogens with two attached hydrogens (primary N) is 1. The lowest BCUT2D eigenvalue weighted by atomic mass is 10.2. The minimum atomic E-state index is 0.473. The van der Waals surface area contributed by atoms with Gasteiger partial charge in [-0.3, -0.25) is 0 Å². The van der Waals surface area contributed by atoms with Gasteiger partial charge in [-0.05, 0) is 12.1 Å². The van der Waals surface area contributed by atoms with E-state index in [0.717, 1.165) is 0 Å². The van der Waals surface area contributed by atoms with Crippen LogP contribution >= 0.6 is 11.6 Å². The second-order valence-corrected chi connectivity index (χ2v) is 4.32. The van der Waals surface area contributed by atoms with Crippen molar-refractivity contribution in [3.8, 4) is 11.5 Å². The fourth-order valence-corrected chi connectivity index (χ4v) is 1.80. The molecule has 2 aromatic carbocycles. The van der Waals surface area contributed by atoms with Gasteiger partial charge in [-0.25, -0.2) is 0 Å². The maximum Gasteiger partial charge on any atom is 0.148 e. The molecule has 20 heavy (non-hydrogen) atoms. The minimum absolute atomic E-state index is 0.473. The van der Waals surface area contributed by atoms with E-state index in [-0.39, 0.29) is 0 Å². The van der Waals surface area contributed by atoms with Crippen molar-refractivity contribution in [2.75, 3.05) is 20.0 Å². The third-order valence-corrected chi connectivity index (χ3v) is 2.97. The van der Waals surface area contributed by atoms with Gasteiger partial charge >= 0.3 is 0 Å². The summed E-state index contributed by atoms with van der Waals surface area (Å²) in [7, 11) is 3.07. The first-order valence-corrected chi connectivity index (χ1v) is 6.21. The number of halogens is 1. The molecule has 0 heterocycles. The first kappa shape index (κ1) is 14.1. The van der Waals surface area contributed by atoms with Crippen molar-refractivity contribution in [2.24, 2.45) is 10.2 Å². The van der Waals surface area contributed by atoms with Crippen molar-refractivity contribution in [3.05, 3.63) is 41.4 Å². The summed E-state index contributed by atoms with van der Waals surface area (Å²) >= 11 is 6.02. The summed E-state index contributed by atoms with van der Waals surface area (Å²) in [5.41, 5.74) is 7.37. The number of nitrogens with zero attached hydrogens (tertiary/aromatic N) is 2. The molecule has 2 aromatic rings. The predicted molar refractivity (Wildman–Crippen MR) is 79.6 cm³/mol. The number of benzene rings is 2. The lowest BCUT2D eigenvalue weighted by molar-refractivity contribution is 0.406. The molecule has 0 aromatic heterocycles. The van der Waals surface area contributed by atoms with E-state index in [9.17, 15) is 0 Å². The zero-order valence-electron chi connectivity index (χ0n) is 11.1. The third kappa shape index (κ3) is 3.00. The van der Waals surface area contributed by atoms with Gasteiger partial charge in [0.25, 0.3) is 0 Å². The summed E-state index contributed by atoms with van der Waals surface area (Å²) in [6.07, 6.45) is 0. The average molecular weight is 292 g/mol. The molecule has 0 aliphatic rings. The molecular weight excluding hydrogens is 278 g/mol. The van der Waals surface area contributed by atoms with E-state index in [0.29, 0.717) is 33.6 Å². The fourth-order valence-electron chi connectivity index (χ4n) is 1.62. The number of hydrogen-bond acceptors (Lipinski definition) is 5. The molecule has 0 fully saturated rings. The lowest BCUT2D eigenvalue weighted by Gasteiger charge is -2.09.